The molecule has 1 heterocycles. The van der Waals surface area contributed by atoms with E-state index < -0.39 is 0 Å². The minimum Gasteiger partial charge on any atom is -0.256 e. The monoisotopic (exact) mass is 221 g/mol. The molecule has 0 aliphatic heterocycles. The summed E-state index contributed by atoms with van der Waals surface area (Å²) in [7, 11) is 0. The van der Waals surface area contributed by atoms with E-state index in [-0.39, 0.29) is 0 Å². The molecule has 0 atom stereocenters. The third-order valence-corrected chi connectivity index (χ3v) is 2.85. The molecule has 0 amide bonds. The summed E-state index contributed by atoms with van der Waals surface area (Å²) in [6, 6.07) is 5.81. The minimum atomic E-state index is 0.656. The summed E-state index contributed by atoms with van der Waals surface area (Å²) in [5.74, 6) is 0. The Balaban J connectivity index is 2.35. The fourth-order valence-corrected chi connectivity index (χ4v) is 1.63. The molecule has 0 radical (unpaired) electrons. The van der Waals surface area contributed by atoms with E-state index in [0.29, 0.717) is 5.03 Å². The van der Waals surface area contributed by atoms with Crippen LogP contribution in [0.3, 0.4) is 0 Å². The molecule has 2 rings (SSSR count). The first-order valence-corrected chi connectivity index (χ1v) is 5.08. The van der Waals surface area contributed by atoms with Crippen LogP contribution in [0.25, 0.3) is 5.57 Å². The predicted molar refractivity (Wildman–Crippen MR) is 63.4 cm³/mol. The van der Waals surface area contributed by atoms with E-state index in [1.54, 1.807) is 6.20 Å². The first kappa shape index (κ1) is 9.56. The lowest BCUT2D eigenvalue weighted by atomic mass is 10.0. The van der Waals surface area contributed by atoms with Gasteiger partial charge in [0.05, 0.1) is 10.7 Å². The molecule has 14 heavy (non-hydrogen) atoms. The van der Waals surface area contributed by atoms with Crippen molar-refractivity contribution >= 4 is 34.3 Å². The number of rotatable bonds is 1. The van der Waals surface area contributed by atoms with Gasteiger partial charge in [-0.15, -0.1) is 0 Å². The molecular weight excluding hydrogens is 214 g/mol. The third kappa shape index (κ3) is 1.91. The van der Waals surface area contributed by atoms with Gasteiger partial charge < -0.3 is 0 Å². The van der Waals surface area contributed by atoms with Crippen molar-refractivity contribution in [2.75, 3.05) is 0 Å². The third-order valence-electron chi connectivity index (χ3n) is 2.02. The van der Waals surface area contributed by atoms with Crippen molar-refractivity contribution in [3.63, 3.8) is 0 Å². The molecular formula is C11H8ClNS. The average molecular weight is 222 g/mol. The summed E-state index contributed by atoms with van der Waals surface area (Å²) >= 11 is 11.0. The second kappa shape index (κ2) is 4.03. The summed E-state index contributed by atoms with van der Waals surface area (Å²) in [4.78, 5) is 5.04. The molecule has 70 valence electrons. The topological polar surface area (TPSA) is 12.9 Å². The van der Waals surface area contributed by atoms with Crippen molar-refractivity contribution in [2.24, 2.45) is 0 Å². The van der Waals surface area contributed by atoms with E-state index in [4.69, 9.17) is 23.8 Å². The lowest BCUT2D eigenvalue weighted by Gasteiger charge is -2.09. The van der Waals surface area contributed by atoms with Gasteiger partial charge in [0.1, 0.15) is 0 Å². The maximum absolute atomic E-state index is 5.96. The number of hydrogen-bond acceptors (Lipinski definition) is 2. The Morgan fingerprint density at radius 1 is 1.36 bits per heavy atom. The van der Waals surface area contributed by atoms with Crippen LogP contribution in [-0.2, 0) is 0 Å². The second-order valence-corrected chi connectivity index (χ2v) is 3.89. The minimum absolute atomic E-state index is 0.656. The molecule has 0 N–H and O–H groups in total. The van der Waals surface area contributed by atoms with Crippen LogP contribution in [0.5, 0.6) is 0 Å². The van der Waals surface area contributed by atoms with Crippen LogP contribution in [-0.4, -0.2) is 9.85 Å². The molecule has 0 aromatic carbocycles. The smallest absolute Gasteiger partial charge is 0.0699 e. The number of allylic oxidation sites excluding steroid dienone is 4. The summed E-state index contributed by atoms with van der Waals surface area (Å²) in [5.41, 5.74) is 1.98. The van der Waals surface area contributed by atoms with Crippen LogP contribution in [0.15, 0.2) is 41.6 Å². The molecule has 1 aromatic rings. The summed E-state index contributed by atoms with van der Waals surface area (Å²) in [6.45, 7) is 0. The van der Waals surface area contributed by atoms with Crippen molar-refractivity contribution in [3.8, 4) is 0 Å². The van der Waals surface area contributed by atoms with Gasteiger partial charge in [-0.3, -0.25) is 4.98 Å². The van der Waals surface area contributed by atoms with E-state index >= 15 is 0 Å². The Kier molecular flexibility index (Phi) is 2.75. The summed E-state index contributed by atoms with van der Waals surface area (Å²) in [6.07, 6.45) is 6.42. The molecule has 1 aliphatic carbocycles. The Labute approximate surface area is 93.1 Å². The summed E-state index contributed by atoms with van der Waals surface area (Å²) in [5, 5.41) is 0.656. The van der Waals surface area contributed by atoms with Crippen molar-refractivity contribution in [3.05, 3.63) is 47.3 Å². The van der Waals surface area contributed by atoms with Gasteiger partial charge in [-0.2, -0.15) is 0 Å². The second-order valence-electron chi connectivity index (χ2n) is 2.99. The average Bonchev–Trinajstić information content (AvgIpc) is 2.23. The molecule has 0 bridgehead atoms. The maximum atomic E-state index is 5.96. The molecule has 0 spiro atoms. The van der Waals surface area contributed by atoms with Crippen LogP contribution in [0.2, 0.25) is 0 Å². The highest BCUT2D eigenvalue weighted by molar-refractivity contribution is 7.81. The largest absolute Gasteiger partial charge is 0.256 e. The predicted octanol–water partition coefficient (Wildman–Crippen LogP) is 3.36. The van der Waals surface area contributed by atoms with Gasteiger partial charge in [-0.05, 0) is 23.8 Å². The fourth-order valence-electron chi connectivity index (χ4n) is 1.29. The van der Waals surface area contributed by atoms with Gasteiger partial charge in [0.15, 0.2) is 0 Å². The molecule has 0 fully saturated rings. The normalized spacial score (nSPS) is 16.2. The zero-order chi connectivity index (χ0) is 9.97. The van der Waals surface area contributed by atoms with Crippen molar-refractivity contribution in [1.82, 2.24) is 4.98 Å². The van der Waals surface area contributed by atoms with Gasteiger partial charge in [0.2, 0.25) is 0 Å². The number of nitrogens with zero attached hydrogens (tertiary/aromatic N) is 1. The molecule has 3 heteroatoms. The Morgan fingerprint density at radius 3 is 2.86 bits per heavy atom. The van der Waals surface area contributed by atoms with E-state index in [1.165, 1.54) is 0 Å². The molecule has 1 nitrogen and oxygen atoms in total. The van der Waals surface area contributed by atoms with E-state index in [9.17, 15) is 0 Å². The van der Waals surface area contributed by atoms with Gasteiger partial charge in [0, 0.05) is 17.5 Å². The van der Waals surface area contributed by atoms with Gasteiger partial charge >= 0.3 is 0 Å². The zero-order valence-corrected chi connectivity index (χ0v) is 8.98. The number of pyridine rings is 1. The Bertz CT molecular complexity index is 420. The Morgan fingerprint density at radius 2 is 2.21 bits per heavy atom. The van der Waals surface area contributed by atoms with E-state index in [1.807, 2.05) is 24.3 Å². The van der Waals surface area contributed by atoms with Crippen LogP contribution in [0.1, 0.15) is 12.1 Å². The molecule has 0 saturated carbocycles. The lowest BCUT2D eigenvalue weighted by Crippen LogP contribution is -1.99. The first-order chi connectivity index (χ1) is 6.77. The Hall–Kier alpha value is -0.990. The van der Waals surface area contributed by atoms with Crippen LogP contribution < -0.4 is 0 Å². The highest BCUT2D eigenvalue weighted by Gasteiger charge is 2.10. The van der Waals surface area contributed by atoms with Gasteiger partial charge in [-0.1, -0.05) is 36.0 Å². The van der Waals surface area contributed by atoms with Crippen molar-refractivity contribution < 1.29 is 0 Å². The standard InChI is InChI=1S/C11H8ClNS/c12-9-7-8(4-5-11(9)14)10-3-1-2-6-13-10/h1-4,6-7H,5H2. The van der Waals surface area contributed by atoms with E-state index in [0.717, 1.165) is 22.6 Å². The van der Waals surface area contributed by atoms with Crippen LogP contribution in [0.4, 0.5) is 0 Å². The molecule has 0 unspecified atom stereocenters. The number of halogens is 1. The van der Waals surface area contributed by atoms with Gasteiger partial charge in [0.25, 0.3) is 0 Å². The molecule has 0 saturated heterocycles. The zero-order valence-electron chi connectivity index (χ0n) is 7.40. The van der Waals surface area contributed by atoms with Crippen LogP contribution in [0, 0.1) is 0 Å². The van der Waals surface area contributed by atoms with Crippen molar-refractivity contribution in [1.29, 1.82) is 0 Å². The summed E-state index contributed by atoms with van der Waals surface area (Å²) < 4.78 is 0. The number of aromatic nitrogens is 1. The lowest BCUT2D eigenvalue weighted by molar-refractivity contribution is 1.27. The fraction of sp³-hybridized carbons (Fsp3) is 0.0909. The van der Waals surface area contributed by atoms with Gasteiger partial charge in [-0.25, -0.2) is 0 Å². The highest BCUT2D eigenvalue weighted by Crippen LogP contribution is 2.24. The quantitative estimate of drug-likeness (QED) is 0.675. The first-order valence-electron chi connectivity index (χ1n) is 4.29. The number of thiocarbonyl (C=S) groups is 1. The number of hydrogen-bond donors (Lipinski definition) is 0. The highest BCUT2D eigenvalue weighted by atomic mass is 35.5. The van der Waals surface area contributed by atoms with Crippen molar-refractivity contribution in [2.45, 2.75) is 6.42 Å². The maximum Gasteiger partial charge on any atom is 0.0699 e. The molecule has 1 aromatic heterocycles. The van der Waals surface area contributed by atoms with E-state index in [2.05, 4.69) is 11.1 Å². The van der Waals surface area contributed by atoms with Crippen LogP contribution >= 0.6 is 23.8 Å². The SMILES string of the molecule is S=C1CC=C(c2ccccn2)C=C1Cl. The molecule has 1 aliphatic rings.